The van der Waals surface area contributed by atoms with Crippen LogP contribution in [0, 0.1) is 0 Å². The van der Waals surface area contributed by atoms with Gasteiger partial charge in [-0.05, 0) is 36.8 Å². The van der Waals surface area contributed by atoms with E-state index in [4.69, 9.17) is 10.5 Å². The van der Waals surface area contributed by atoms with Crippen LogP contribution in [0.3, 0.4) is 0 Å². The molecule has 0 saturated carbocycles. The van der Waals surface area contributed by atoms with Gasteiger partial charge in [0.15, 0.2) is 0 Å². The van der Waals surface area contributed by atoms with Crippen LogP contribution in [0.15, 0.2) is 24.3 Å². The van der Waals surface area contributed by atoms with Crippen LogP contribution in [0.1, 0.15) is 10.4 Å². The summed E-state index contributed by atoms with van der Waals surface area (Å²) in [6.07, 6.45) is 3.44. The first-order valence-corrected chi connectivity index (χ1v) is 8.14. The number of nitrogens with two attached hydrogens (primary N) is 1. The highest BCUT2D eigenvalue weighted by molar-refractivity contribution is 8.27. The zero-order valence-corrected chi connectivity index (χ0v) is 11.5. The molecule has 1 aromatic rings. The van der Waals surface area contributed by atoms with Crippen LogP contribution >= 0.6 is 10.3 Å². The molecule has 0 radical (unpaired) electrons. The van der Waals surface area contributed by atoms with Crippen LogP contribution in [0.2, 0.25) is 0 Å². The zero-order valence-electron chi connectivity index (χ0n) is 10.7. The molecule has 102 valence electrons. The summed E-state index contributed by atoms with van der Waals surface area (Å²) >= 11 is 0. The van der Waals surface area contributed by atoms with Crippen molar-refractivity contribution in [3.8, 4) is 5.75 Å². The second-order valence-corrected chi connectivity index (χ2v) is 7.54. The molecule has 1 rings (SSSR count). The average Bonchev–Trinajstić information content (AvgIpc) is 2.33. The second-order valence-electron chi connectivity index (χ2n) is 4.29. The summed E-state index contributed by atoms with van der Waals surface area (Å²) in [6.45, 7) is 0.907. The summed E-state index contributed by atoms with van der Waals surface area (Å²) in [5, 5.41) is 2.69. The predicted octanol–water partition coefficient (Wildman–Crippen LogP) is 1.25. The highest BCUT2D eigenvalue weighted by atomic mass is 32.3. The second kappa shape index (κ2) is 6.63. The highest BCUT2D eigenvalue weighted by Crippen LogP contribution is 2.31. The number of amides is 1. The SMILES string of the molecule is CS(C)(O)CNC(=O)c1ccc(OCCN)cc1. The fourth-order valence-corrected chi connectivity index (χ4v) is 1.71. The normalized spacial score (nSPS) is 12.0. The molecular weight excluding hydrogens is 252 g/mol. The maximum absolute atomic E-state index is 11.7. The van der Waals surface area contributed by atoms with E-state index >= 15 is 0 Å². The summed E-state index contributed by atoms with van der Waals surface area (Å²) in [7, 11) is -1.72. The molecular formula is C12H20N2O3S. The van der Waals surface area contributed by atoms with Gasteiger partial charge in [-0.2, -0.15) is 0 Å². The third kappa shape index (κ3) is 5.39. The molecule has 0 aliphatic carbocycles. The van der Waals surface area contributed by atoms with E-state index in [0.717, 1.165) is 0 Å². The van der Waals surface area contributed by atoms with Gasteiger partial charge in [0.1, 0.15) is 12.4 Å². The van der Waals surface area contributed by atoms with E-state index < -0.39 is 10.3 Å². The van der Waals surface area contributed by atoms with Crippen LogP contribution in [0.4, 0.5) is 0 Å². The van der Waals surface area contributed by atoms with Gasteiger partial charge < -0.3 is 20.3 Å². The summed E-state index contributed by atoms with van der Waals surface area (Å²) in [5.74, 6) is 0.775. The van der Waals surface area contributed by atoms with E-state index in [2.05, 4.69) is 5.32 Å². The van der Waals surface area contributed by atoms with Crippen molar-refractivity contribution < 1.29 is 14.1 Å². The number of carbonyl (C=O) groups is 1. The smallest absolute Gasteiger partial charge is 0.251 e. The van der Waals surface area contributed by atoms with Crippen LogP contribution in [0.25, 0.3) is 0 Å². The average molecular weight is 272 g/mol. The molecule has 1 amide bonds. The molecule has 0 heterocycles. The van der Waals surface area contributed by atoms with Gasteiger partial charge in [0.25, 0.3) is 5.91 Å². The molecule has 0 unspecified atom stereocenters. The first-order valence-electron chi connectivity index (χ1n) is 5.57. The van der Waals surface area contributed by atoms with E-state index in [1.54, 1.807) is 36.8 Å². The first kappa shape index (κ1) is 14.8. The fraction of sp³-hybridized carbons (Fsp3) is 0.417. The molecule has 6 heteroatoms. The minimum absolute atomic E-state index is 0.199. The maximum atomic E-state index is 11.7. The van der Waals surface area contributed by atoms with Gasteiger partial charge >= 0.3 is 0 Å². The number of carbonyl (C=O) groups excluding carboxylic acids is 1. The Bertz CT molecular complexity index is 387. The summed E-state index contributed by atoms with van der Waals surface area (Å²) in [4.78, 5) is 11.7. The molecule has 0 aliphatic heterocycles. The predicted molar refractivity (Wildman–Crippen MR) is 75.4 cm³/mol. The summed E-state index contributed by atoms with van der Waals surface area (Å²) in [6, 6.07) is 6.81. The van der Waals surface area contributed by atoms with Crippen molar-refractivity contribution in [2.45, 2.75) is 0 Å². The molecule has 0 aliphatic rings. The van der Waals surface area contributed by atoms with Crippen molar-refractivity contribution in [2.24, 2.45) is 5.73 Å². The van der Waals surface area contributed by atoms with E-state index in [-0.39, 0.29) is 11.8 Å². The minimum atomic E-state index is -1.72. The summed E-state index contributed by atoms with van der Waals surface area (Å²) in [5.41, 5.74) is 5.86. The van der Waals surface area contributed by atoms with Gasteiger partial charge in [0.2, 0.25) is 0 Å². The first-order chi connectivity index (χ1) is 8.42. The van der Waals surface area contributed by atoms with Gasteiger partial charge in [-0.25, -0.2) is 0 Å². The standard InChI is InChI=1S/C12H20N2O3S/c1-18(2,16)9-14-12(15)10-3-5-11(6-4-10)17-8-7-13/h3-6,16H,7-9,13H2,1-2H3,(H,14,15). The lowest BCUT2D eigenvalue weighted by molar-refractivity contribution is 0.0960. The Morgan fingerprint density at radius 1 is 1.39 bits per heavy atom. The van der Waals surface area contributed by atoms with Gasteiger partial charge in [-0.3, -0.25) is 4.79 Å². The fourth-order valence-electron chi connectivity index (χ4n) is 1.22. The Kier molecular flexibility index (Phi) is 5.46. The van der Waals surface area contributed by atoms with E-state index in [1.165, 1.54) is 0 Å². The monoisotopic (exact) mass is 272 g/mol. The summed E-state index contributed by atoms with van der Waals surface area (Å²) < 4.78 is 14.9. The molecule has 0 aromatic heterocycles. The van der Waals surface area contributed by atoms with E-state index in [1.807, 2.05) is 0 Å². The van der Waals surface area contributed by atoms with E-state index in [9.17, 15) is 9.35 Å². The molecule has 0 fully saturated rings. The number of benzene rings is 1. The van der Waals surface area contributed by atoms with Crippen LogP contribution in [0.5, 0.6) is 5.75 Å². The number of hydrogen-bond acceptors (Lipinski definition) is 4. The number of ether oxygens (including phenoxy) is 1. The highest BCUT2D eigenvalue weighted by Gasteiger charge is 2.10. The minimum Gasteiger partial charge on any atom is -0.492 e. The molecule has 1 aromatic carbocycles. The van der Waals surface area contributed by atoms with E-state index in [0.29, 0.717) is 24.5 Å². The molecule has 18 heavy (non-hydrogen) atoms. The Hall–Kier alpha value is -1.24. The third-order valence-electron chi connectivity index (χ3n) is 2.09. The lowest BCUT2D eigenvalue weighted by Crippen LogP contribution is -2.27. The Morgan fingerprint density at radius 3 is 2.50 bits per heavy atom. The molecule has 0 saturated heterocycles. The molecule has 5 nitrogen and oxygen atoms in total. The van der Waals surface area contributed by atoms with Crippen LogP contribution in [-0.2, 0) is 0 Å². The largest absolute Gasteiger partial charge is 0.492 e. The maximum Gasteiger partial charge on any atom is 0.251 e. The van der Waals surface area contributed by atoms with Crippen molar-refractivity contribution in [2.75, 3.05) is 31.5 Å². The Balaban J connectivity index is 2.54. The zero-order chi connectivity index (χ0) is 13.6. The van der Waals surface area contributed by atoms with Gasteiger partial charge in [0, 0.05) is 12.1 Å². The van der Waals surface area contributed by atoms with Crippen molar-refractivity contribution in [3.63, 3.8) is 0 Å². The van der Waals surface area contributed by atoms with Crippen molar-refractivity contribution in [1.82, 2.24) is 5.32 Å². The molecule has 0 spiro atoms. The number of hydrogen-bond donors (Lipinski definition) is 3. The van der Waals surface area contributed by atoms with Crippen molar-refractivity contribution in [1.29, 1.82) is 0 Å². The molecule has 4 N–H and O–H groups in total. The molecule has 0 atom stereocenters. The van der Waals surface area contributed by atoms with Crippen LogP contribution < -0.4 is 15.8 Å². The van der Waals surface area contributed by atoms with Crippen molar-refractivity contribution >= 4 is 16.2 Å². The van der Waals surface area contributed by atoms with Gasteiger partial charge in [-0.15, -0.1) is 10.3 Å². The van der Waals surface area contributed by atoms with Gasteiger partial charge in [-0.1, -0.05) is 0 Å². The number of rotatable bonds is 6. The lowest BCUT2D eigenvalue weighted by Gasteiger charge is -2.23. The Labute approximate surface area is 109 Å². The van der Waals surface area contributed by atoms with Crippen LogP contribution in [-0.4, -0.2) is 42.0 Å². The number of nitrogens with one attached hydrogen (secondary N) is 1. The third-order valence-corrected chi connectivity index (χ3v) is 2.94. The molecule has 0 bridgehead atoms. The van der Waals surface area contributed by atoms with Gasteiger partial charge in [0.05, 0.1) is 5.88 Å². The quantitative estimate of drug-likeness (QED) is 0.727. The topological polar surface area (TPSA) is 84.6 Å². The van der Waals surface area contributed by atoms with Crippen molar-refractivity contribution in [3.05, 3.63) is 29.8 Å². The Morgan fingerprint density at radius 2 is 2.00 bits per heavy atom. The lowest BCUT2D eigenvalue weighted by atomic mass is 10.2.